The Hall–Kier alpha value is -2.62. The van der Waals surface area contributed by atoms with Crippen molar-refractivity contribution < 1.29 is 4.92 Å². The summed E-state index contributed by atoms with van der Waals surface area (Å²) in [5.74, 6) is -0.244. The number of rotatable bonds is 4. The Morgan fingerprint density at radius 2 is 1.77 bits per heavy atom. The average molecular weight is 294 g/mol. The predicted molar refractivity (Wildman–Crippen MR) is 87.9 cm³/mol. The van der Waals surface area contributed by atoms with Crippen LogP contribution in [0.2, 0.25) is 0 Å². The highest BCUT2D eigenvalue weighted by atomic mass is 16.6. The van der Waals surface area contributed by atoms with Crippen LogP contribution in [0, 0.1) is 24.0 Å². The number of H-pyrrole nitrogens is 1. The molecule has 0 saturated carbocycles. The van der Waals surface area contributed by atoms with E-state index in [0.29, 0.717) is 0 Å². The smallest absolute Gasteiger partial charge is 0.214 e. The number of nitrogens with zero attached hydrogens (tertiary/aromatic N) is 1. The van der Waals surface area contributed by atoms with E-state index in [0.717, 1.165) is 33.2 Å². The largest absolute Gasteiger partial charge is 0.361 e. The van der Waals surface area contributed by atoms with Crippen LogP contribution in [-0.4, -0.2) is 16.5 Å². The van der Waals surface area contributed by atoms with Crippen molar-refractivity contribution in [2.24, 2.45) is 0 Å². The highest BCUT2D eigenvalue weighted by Gasteiger charge is 2.23. The lowest BCUT2D eigenvalue weighted by Crippen LogP contribution is -2.13. The summed E-state index contributed by atoms with van der Waals surface area (Å²) in [7, 11) is 0. The van der Waals surface area contributed by atoms with Crippen molar-refractivity contribution >= 4 is 10.9 Å². The highest BCUT2D eigenvalue weighted by molar-refractivity contribution is 5.85. The van der Waals surface area contributed by atoms with Crippen molar-refractivity contribution in [1.29, 1.82) is 0 Å². The first-order valence-corrected chi connectivity index (χ1v) is 7.30. The monoisotopic (exact) mass is 294 g/mol. The maximum absolute atomic E-state index is 11.1. The third-order valence-corrected chi connectivity index (χ3v) is 4.06. The van der Waals surface area contributed by atoms with E-state index in [4.69, 9.17) is 0 Å². The molecule has 1 unspecified atom stereocenters. The zero-order valence-corrected chi connectivity index (χ0v) is 12.7. The number of benzene rings is 2. The molecule has 4 heteroatoms. The lowest BCUT2D eigenvalue weighted by atomic mass is 9.90. The molecule has 0 radical (unpaired) electrons. The van der Waals surface area contributed by atoms with E-state index in [-0.39, 0.29) is 17.4 Å². The van der Waals surface area contributed by atoms with E-state index in [1.165, 1.54) is 0 Å². The van der Waals surface area contributed by atoms with E-state index in [9.17, 15) is 10.1 Å². The molecule has 22 heavy (non-hydrogen) atoms. The van der Waals surface area contributed by atoms with Gasteiger partial charge in [0.25, 0.3) is 0 Å². The number of aryl methyl sites for hydroxylation is 2. The van der Waals surface area contributed by atoms with Gasteiger partial charge >= 0.3 is 0 Å². The van der Waals surface area contributed by atoms with Gasteiger partial charge in [0.2, 0.25) is 6.54 Å². The van der Waals surface area contributed by atoms with Gasteiger partial charge in [-0.2, -0.15) is 0 Å². The number of hydrogen-bond acceptors (Lipinski definition) is 2. The summed E-state index contributed by atoms with van der Waals surface area (Å²) < 4.78 is 0. The topological polar surface area (TPSA) is 58.9 Å². The highest BCUT2D eigenvalue weighted by Crippen LogP contribution is 2.31. The molecule has 112 valence electrons. The number of fused-ring (bicyclic) bond motifs is 1. The van der Waals surface area contributed by atoms with Gasteiger partial charge in [0.15, 0.2) is 0 Å². The van der Waals surface area contributed by atoms with Crippen LogP contribution in [0.25, 0.3) is 10.9 Å². The molecule has 0 amide bonds. The van der Waals surface area contributed by atoms with Crippen LogP contribution >= 0.6 is 0 Å². The van der Waals surface area contributed by atoms with Gasteiger partial charge in [0.05, 0.1) is 5.92 Å². The molecule has 0 bridgehead atoms. The summed E-state index contributed by atoms with van der Waals surface area (Å²) in [5, 5.41) is 12.2. The summed E-state index contributed by atoms with van der Waals surface area (Å²) in [6.45, 7) is 3.94. The Bertz CT molecular complexity index is 819. The Kier molecular flexibility index (Phi) is 3.67. The van der Waals surface area contributed by atoms with E-state index < -0.39 is 0 Å². The Labute approximate surface area is 128 Å². The second-order valence-corrected chi connectivity index (χ2v) is 5.77. The standard InChI is InChI=1S/C18H18N2O2/c1-12-3-6-14(7-4-12)17(11-20(21)22)16-10-19-18-8-5-13(2)9-15(16)18/h3-10,17,19H,11H2,1-2H3. The van der Waals surface area contributed by atoms with Gasteiger partial charge in [0, 0.05) is 22.0 Å². The first kappa shape index (κ1) is 14.3. The molecule has 3 rings (SSSR count). The van der Waals surface area contributed by atoms with Gasteiger partial charge in [0.1, 0.15) is 0 Å². The Morgan fingerprint density at radius 1 is 1.09 bits per heavy atom. The zero-order chi connectivity index (χ0) is 15.7. The zero-order valence-electron chi connectivity index (χ0n) is 12.7. The van der Waals surface area contributed by atoms with E-state index in [1.807, 2.05) is 56.4 Å². The van der Waals surface area contributed by atoms with Crippen LogP contribution in [-0.2, 0) is 0 Å². The third kappa shape index (κ3) is 2.72. The molecular weight excluding hydrogens is 276 g/mol. The molecule has 0 saturated heterocycles. The van der Waals surface area contributed by atoms with Crippen molar-refractivity contribution in [3.63, 3.8) is 0 Å². The van der Waals surface area contributed by atoms with Crippen LogP contribution in [0.4, 0.5) is 0 Å². The molecule has 0 fully saturated rings. The molecule has 1 heterocycles. The summed E-state index contributed by atoms with van der Waals surface area (Å²) in [6, 6.07) is 14.1. The van der Waals surface area contributed by atoms with Gasteiger partial charge < -0.3 is 4.98 Å². The fourth-order valence-corrected chi connectivity index (χ4v) is 2.88. The van der Waals surface area contributed by atoms with Gasteiger partial charge in [-0.25, -0.2) is 0 Å². The van der Waals surface area contributed by atoms with Gasteiger partial charge in [-0.1, -0.05) is 41.5 Å². The summed E-state index contributed by atoms with van der Waals surface area (Å²) in [5.41, 5.74) is 5.28. The molecule has 0 aliphatic heterocycles. The lowest BCUT2D eigenvalue weighted by molar-refractivity contribution is -0.481. The van der Waals surface area contributed by atoms with Gasteiger partial charge in [-0.3, -0.25) is 10.1 Å². The molecule has 3 aromatic rings. The number of aromatic nitrogens is 1. The van der Waals surface area contributed by atoms with Crippen molar-refractivity contribution in [3.05, 3.63) is 81.0 Å². The fraction of sp³-hybridized carbons (Fsp3) is 0.222. The van der Waals surface area contributed by atoms with Gasteiger partial charge in [-0.15, -0.1) is 0 Å². The van der Waals surface area contributed by atoms with Crippen molar-refractivity contribution in [3.8, 4) is 0 Å². The van der Waals surface area contributed by atoms with Crippen LogP contribution in [0.15, 0.2) is 48.7 Å². The fourth-order valence-electron chi connectivity index (χ4n) is 2.88. The van der Waals surface area contributed by atoms with Crippen molar-refractivity contribution in [1.82, 2.24) is 4.98 Å². The van der Waals surface area contributed by atoms with Crippen LogP contribution in [0.5, 0.6) is 0 Å². The number of nitro groups is 1. The molecular formula is C18H18N2O2. The lowest BCUT2D eigenvalue weighted by Gasteiger charge is -2.13. The Balaban J connectivity index is 2.13. The number of aromatic amines is 1. The molecule has 1 N–H and O–H groups in total. The van der Waals surface area contributed by atoms with Crippen molar-refractivity contribution in [2.75, 3.05) is 6.54 Å². The maximum atomic E-state index is 11.1. The third-order valence-electron chi connectivity index (χ3n) is 4.06. The van der Waals surface area contributed by atoms with E-state index in [2.05, 4.69) is 11.1 Å². The first-order chi connectivity index (χ1) is 10.5. The predicted octanol–water partition coefficient (Wildman–Crippen LogP) is 4.19. The molecule has 0 aliphatic carbocycles. The average Bonchev–Trinajstić information content (AvgIpc) is 2.88. The Morgan fingerprint density at radius 3 is 2.45 bits per heavy atom. The summed E-state index contributed by atoms with van der Waals surface area (Å²) in [6.07, 6.45) is 1.90. The van der Waals surface area contributed by atoms with E-state index in [1.54, 1.807) is 0 Å². The molecule has 2 aromatic carbocycles. The van der Waals surface area contributed by atoms with Crippen LogP contribution in [0.3, 0.4) is 0 Å². The molecule has 0 spiro atoms. The number of hydrogen-bond donors (Lipinski definition) is 1. The maximum Gasteiger partial charge on any atom is 0.214 e. The minimum Gasteiger partial charge on any atom is -0.361 e. The second kappa shape index (κ2) is 5.64. The van der Waals surface area contributed by atoms with Crippen LogP contribution in [0.1, 0.15) is 28.2 Å². The number of nitrogens with one attached hydrogen (secondary N) is 1. The quantitative estimate of drug-likeness (QED) is 0.579. The minimum absolute atomic E-state index is 0.107. The molecule has 1 atom stereocenters. The first-order valence-electron chi connectivity index (χ1n) is 7.30. The van der Waals surface area contributed by atoms with E-state index >= 15 is 0 Å². The van der Waals surface area contributed by atoms with Gasteiger partial charge in [-0.05, 0) is 37.1 Å². The van der Waals surface area contributed by atoms with Crippen molar-refractivity contribution in [2.45, 2.75) is 19.8 Å². The second-order valence-electron chi connectivity index (χ2n) is 5.77. The SMILES string of the molecule is Cc1ccc(C(C[N+](=O)[O-])c2c[nH]c3ccc(C)cc23)cc1. The van der Waals surface area contributed by atoms with Crippen LogP contribution < -0.4 is 0 Å². The molecule has 0 aliphatic rings. The molecule has 1 aromatic heterocycles. The summed E-state index contributed by atoms with van der Waals surface area (Å²) in [4.78, 5) is 14.1. The normalized spacial score (nSPS) is 12.5. The summed E-state index contributed by atoms with van der Waals surface area (Å²) >= 11 is 0. The molecule has 4 nitrogen and oxygen atoms in total. The minimum atomic E-state index is -0.244.